The molecule has 4 rings (SSSR count). The predicted octanol–water partition coefficient (Wildman–Crippen LogP) is 6.43. The summed E-state index contributed by atoms with van der Waals surface area (Å²) in [6.45, 7) is 2.34. The van der Waals surface area contributed by atoms with Gasteiger partial charge in [0.1, 0.15) is 12.0 Å². The molecule has 3 N–H and O–H groups in total. The Labute approximate surface area is 197 Å². The molecule has 2 atom stereocenters. The smallest absolute Gasteiger partial charge is 0.162 e. The second-order valence-electron chi connectivity index (χ2n) is 7.11. The lowest BCUT2D eigenvalue weighted by atomic mass is 9.97. The molecule has 1 aliphatic rings. The molecule has 3 aromatic rings. The molecule has 0 aliphatic carbocycles. The van der Waals surface area contributed by atoms with Gasteiger partial charge >= 0.3 is 0 Å². The molecule has 1 heterocycles. The second-order valence-corrected chi connectivity index (χ2v) is 8.88. The highest BCUT2D eigenvalue weighted by Gasteiger charge is 2.27. The van der Waals surface area contributed by atoms with Crippen LogP contribution in [-0.4, -0.2) is 11.7 Å². The standard InChI is InChI=1S/C24H21Br2FN2O2/c1-2-31-22-8-4-7-17(23(22)30)21-13-20(14-5-3-6-16(25)11-14)28-24(29-21)15-9-10-19(27)18(26)12-15/h3-13,21,24,28-30H,2H2,1H3. The Balaban J connectivity index is 1.78. The number of aromatic hydroxyl groups is 1. The Morgan fingerprint density at radius 2 is 1.87 bits per heavy atom. The predicted molar refractivity (Wildman–Crippen MR) is 127 cm³/mol. The van der Waals surface area contributed by atoms with Crippen LogP contribution in [0.4, 0.5) is 4.39 Å². The molecule has 7 heteroatoms. The number of para-hydroxylation sites is 1. The number of hydrogen-bond acceptors (Lipinski definition) is 4. The number of phenolic OH excluding ortho intramolecular Hbond substituents is 1. The number of ether oxygens (including phenoxy) is 1. The monoisotopic (exact) mass is 546 g/mol. The molecular weight excluding hydrogens is 527 g/mol. The summed E-state index contributed by atoms with van der Waals surface area (Å²) in [4.78, 5) is 0. The normalized spacial score (nSPS) is 18.3. The molecule has 1 aliphatic heterocycles. The van der Waals surface area contributed by atoms with Crippen molar-refractivity contribution in [3.8, 4) is 11.5 Å². The maximum atomic E-state index is 13.8. The number of phenols is 1. The summed E-state index contributed by atoms with van der Waals surface area (Å²) in [7, 11) is 0. The molecule has 0 bridgehead atoms. The van der Waals surface area contributed by atoms with Crippen molar-refractivity contribution in [2.75, 3.05) is 6.61 Å². The van der Waals surface area contributed by atoms with Gasteiger partial charge in [-0.15, -0.1) is 0 Å². The van der Waals surface area contributed by atoms with Gasteiger partial charge in [-0.3, -0.25) is 5.32 Å². The molecule has 0 radical (unpaired) electrons. The molecule has 0 saturated carbocycles. The molecule has 0 spiro atoms. The van der Waals surface area contributed by atoms with Crippen LogP contribution in [0.5, 0.6) is 11.5 Å². The lowest BCUT2D eigenvalue weighted by Crippen LogP contribution is -2.39. The number of nitrogens with one attached hydrogen (secondary N) is 2. The third-order valence-electron chi connectivity index (χ3n) is 5.06. The van der Waals surface area contributed by atoms with E-state index in [9.17, 15) is 9.50 Å². The first-order chi connectivity index (χ1) is 15.0. The first-order valence-electron chi connectivity index (χ1n) is 9.86. The quantitative estimate of drug-likeness (QED) is 0.344. The first kappa shape index (κ1) is 21.9. The summed E-state index contributed by atoms with van der Waals surface area (Å²) in [5.74, 6) is 0.229. The van der Waals surface area contributed by atoms with Gasteiger partial charge in [0.05, 0.1) is 17.1 Å². The highest BCUT2D eigenvalue weighted by molar-refractivity contribution is 9.10. The molecule has 2 unspecified atom stereocenters. The van der Waals surface area contributed by atoms with Crippen molar-refractivity contribution in [3.63, 3.8) is 0 Å². The average Bonchev–Trinajstić information content (AvgIpc) is 2.77. The summed E-state index contributed by atoms with van der Waals surface area (Å²) in [6, 6.07) is 18.1. The van der Waals surface area contributed by atoms with E-state index >= 15 is 0 Å². The van der Waals surface area contributed by atoms with E-state index in [0.29, 0.717) is 22.4 Å². The van der Waals surface area contributed by atoms with Crippen molar-refractivity contribution >= 4 is 37.6 Å². The highest BCUT2D eigenvalue weighted by Crippen LogP contribution is 2.38. The van der Waals surface area contributed by atoms with Crippen LogP contribution in [0.15, 0.2) is 75.7 Å². The van der Waals surface area contributed by atoms with Gasteiger partial charge in [0.2, 0.25) is 0 Å². The van der Waals surface area contributed by atoms with E-state index in [0.717, 1.165) is 21.3 Å². The van der Waals surface area contributed by atoms with E-state index in [1.165, 1.54) is 6.07 Å². The van der Waals surface area contributed by atoms with Crippen LogP contribution >= 0.6 is 31.9 Å². The summed E-state index contributed by atoms with van der Waals surface area (Å²) in [5.41, 5.74) is 3.45. The lowest BCUT2D eigenvalue weighted by molar-refractivity contribution is 0.314. The van der Waals surface area contributed by atoms with E-state index in [-0.39, 0.29) is 23.8 Å². The van der Waals surface area contributed by atoms with Crippen LogP contribution in [0.2, 0.25) is 0 Å². The van der Waals surface area contributed by atoms with Crippen molar-refractivity contribution in [3.05, 3.63) is 98.2 Å². The van der Waals surface area contributed by atoms with Crippen molar-refractivity contribution < 1.29 is 14.2 Å². The molecule has 0 amide bonds. The molecule has 4 nitrogen and oxygen atoms in total. The minimum Gasteiger partial charge on any atom is -0.504 e. The Hall–Kier alpha value is -2.35. The fourth-order valence-corrected chi connectivity index (χ4v) is 4.38. The fourth-order valence-electron chi connectivity index (χ4n) is 3.59. The SMILES string of the molecule is CCOc1cccc(C2C=C(c3cccc(Br)c3)NC(c3ccc(F)c(Br)c3)N2)c1O. The van der Waals surface area contributed by atoms with Crippen molar-refractivity contribution in [2.24, 2.45) is 0 Å². The minimum atomic E-state index is -0.319. The van der Waals surface area contributed by atoms with Crippen LogP contribution < -0.4 is 15.4 Å². The Morgan fingerprint density at radius 3 is 2.61 bits per heavy atom. The largest absolute Gasteiger partial charge is 0.504 e. The molecule has 0 fully saturated rings. The van der Waals surface area contributed by atoms with E-state index in [4.69, 9.17) is 4.74 Å². The number of rotatable bonds is 5. The topological polar surface area (TPSA) is 53.5 Å². The van der Waals surface area contributed by atoms with Gasteiger partial charge in [-0.2, -0.15) is 0 Å². The Morgan fingerprint density at radius 1 is 1.06 bits per heavy atom. The Bertz CT molecular complexity index is 1140. The summed E-state index contributed by atoms with van der Waals surface area (Å²) >= 11 is 6.80. The molecule has 3 aromatic carbocycles. The summed E-state index contributed by atoms with van der Waals surface area (Å²) in [6.07, 6.45) is 1.72. The van der Waals surface area contributed by atoms with Gasteiger partial charge in [-0.05, 0) is 70.4 Å². The van der Waals surface area contributed by atoms with E-state index in [1.807, 2.05) is 49.4 Å². The average molecular weight is 548 g/mol. The lowest BCUT2D eigenvalue weighted by Gasteiger charge is -2.33. The summed E-state index contributed by atoms with van der Waals surface area (Å²) in [5, 5.41) is 17.8. The summed E-state index contributed by atoms with van der Waals surface area (Å²) < 4.78 is 20.7. The van der Waals surface area contributed by atoms with Gasteiger partial charge in [0.25, 0.3) is 0 Å². The van der Waals surface area contributed by atoms with Crippen LogP contribution in [0.1, 0.15) is 35.8 Å². The fraction of sp³-hybridized carbons (Fsp3) is 0.167. The minimum absolute atomic E-state index is 0.104. The van der Waals surface area contributed by atoms with E-state index < -0.39 is 0 Å². The van der Waals surface area contributed by atoms with Crippen LogP contribution in [0, 0.1) is 5.82 Å². The van der Waals surface area contributed by atoms with Crippen LogP contribution in [0.3, 0.4) is 0 Å². The maximum absolute atomic E-state index is 13.8. The molecule has 31 heavy (non-hydrogen) atoms. The van der Waals surface area contributed by atoms with Crippen molar-refractivity contribution in [1.82, 2.24) is 10.6 Å². The molecule has 160 valence electrons. The molecular formula is C24H21Br2FN2O2. The number of benzene rings is 3. The number of halogens is 3. The zero-order chi connectivity index (χ0) is 22.0. The number of hydrogen-bond donors (Lipinski definition) is 3. The molecule has 0 saturated heterocycles. The molecule has 0 aromatic heterocycles. The third-order valence-corrected chi connectivity index (χ3v) is 6.16. The van der Waals surface area contributed by atoms with E-state index in [1.54, 1.807) is 18.2 Å². The van der Waals surface area contributed by atoms with Gasteiger partial charge in [0, 0.05) is 15.7 Å². The van der Waals surface area contributed by atoms with Gasteiger partial charge < -0.3 is 15.2 Å². The highest BCUT2D eigenvalue weighted by atomic mass is 79.9. The van der Waals surface area contributed by atoms with Crippen molar-refractivity contribution in [2.45, 2.75) is 19.1 Å². The Kier molecular flexibility index (Phi) is 6.65. The first-order valence-corrected chi connectivity index (χ1v) is 11.4. The van der Waals surface area contributed by atoms with Gasteiger partial charge in [0.15, 0.2) is 11.5 Å². The van der Waals surface area contributed by atoms with Crippen LogP contribution in [-0.2, 0) is 0 Å². The zero-order valence-corrected chi connectivity index (χ0v) is 19.9. The van der Waals surface area contributed by atoms with Crippen molar-refractivity contribution in [1.29, 1.82) is 0 Å². The third kappa shape index (κ3) is 4.79. The second kappa shape index (κ2) is 9.42. The van der Waals surface area contributed by atoms with E-state index in [2.05, 4.69) is 42.5 Å². The zero-order valence-electron chi connectivity index (χ0n) is 16.7. The van der Waals surface area contributed by atoms with Gasteiger partial charge in [-0.25, -0.2) is 4.39 Å². The van der Waals surface area contributed by atoms with Crippen LogP contribution in [0.25, 0.3) is 5.70 Å². The van der Waals surface area contributed by atoms with Gasteiger partial charge in [-0.1, -0.05) is 46.3 Å². The maximum Gasteiger partial charge on any atom is 0.162 e.